The molecular formula is C18H28. The summed E-state index contributed by atoms with van der Waals surface area (Å²) in [6, 6.07) is 7.29. The largest absolute Gasteiger partial charge is 0.0654 e. The second-order valence-electron chi connectivity index (χ2n) is 5.96. The van der Waals surface area contributed by atoms with E-state index in [4.69, 9.17) is 0 Å². The van der Waals surface area contributed by atoms with E-state index in [2.05, 4.69) is 32.0 Å². The summed E-state index contributed by atoms with van der Waals surface area (Å²) in [5, 5.41) is 0. The van der Waals surface area contributed by atoms with E-state index in [0.29, 0.717) is 0 Å². The number of benzene rings is 1. The van der Waals surface area contributed by atoms with Gasteiger partial charge in [-0.25, -0.2) is 0 Å². The molecule has 1 unspecified atom stereocenters. The Labute approximate surface area is 113 Å². The molecule has 0 heterocycles. The third kappa shape index (κ3) is 3.60. The molecule has 0 spiro atoms. The van der Waals surface area contributed by atoms with Crippen LogP contribution in [0.5, 0.6) is 0 Å². The fraction of sp³-hybridized carbons (Fsp3) is 0.667. The van der Waals surface area contributed by atoms with Gasteiger partial charge in [-0.1, -0.05) is 57.7 Å². The van der Waals surface area contributed by atoms with Gasteiger partial charge in [0.05, 0.1) is 0 Å². The number of fused-ring (bicyclic) bond motifs is 1. The summed E-state index contributed by atoms with van der Waals surface area (Å²) in [6.07, 6.45) is 12.2. The van der Waals surface area contributed by atoms with Crippen molar-refractivity contribution in [3.8, 4) is 0 Å². The van der Waals surface area contributed by atoms with Gasteiger partial charge in [0.1, 0.15) is 0 Å². The fourth-order valence-corrected chi connectivity index (χ4v) is 3.27. The molecule has 0 N–H and O–H groups in total. The summed E-state index contributed by atoms with van der Waals surface area (Å²) in [5.41, 5.74) is 4.85. The van der Waals surface area contributed by atoms with Crippen LogP contribution in [-0.2, 0) is 19.3 Å². The predicted octanol–water partition coefficient (Wildman–Crippen LogP) is 5.32. The van der Waals surface area contributed by atoms with Crippen LogP contribution in [0.15, 0.2) is 18.2 Å². The molecule has 0 aromatic heterocycles. The highest BCUT2D eigenvalue weighted by atomic mass is 14.2. The molecule has 0 fully saturated rings. The molecule has 0 saturated heterocycles. The van der Waals surface area contributed by atoms with Crippen LogP contribution in [0.4, 0.5) is 0 Å². The van der Waals surface area contributed by atoms with Crippen LogP contribution in [0.25, 0.3) is 0 Å². The van der Waals surface area contributed by atoms with Gasteiger partial charge in [-0.3, -0.25) is 0 Å². The van der Waals surface area contributed by atoms with E-state index < -0.39 is 0 Å². The SMILES string of the molecule is CCCCCc1ccc2c(c1)CCC(CCC)C2. The minimum atomic E-state index is 0.952. The Balaban J connectivity index is 1.96. The van der Waals surface area contributed by atoms with Crippen LogP contribution in [0.2, 0.25) is 0 Å². The Morgan fingerprint density at radius 1 is 1.06 bits per heavy atom. The average Bonchev–Trinajstić information content (AvgIpc) is 2.39. The first-order chi connectivity index (χ1) is 8.83. The molecule has 0 radical (unpaired) electrons. The van der Waals surface area contributed by atoms with Crippen molar-refractivity contribution in [2.24, 2.45) is 5.92 Å². The zero-order valence-electron chi connectivity index (χ0n) is 12.2. The van der Waals surface area contributed by atoms with E-state index in [0.717, 1.165) is 5.92 Å². The van der Waals surface area contributed by atoms with Gasteiger partial charge in [0.15, 0.2) is 0 Å². The van der Waals surface area contributed by atoms with Gasteiger partial charge in [0.25, 0.3) is 0 Å². The van der Waals surface area contributed by atoms with Crippen molar-refractivity contribution >= 4 is 0 Å². The van der Waals surface area contributed by atoms with Gasteiger partial charge in [-0.05, 0) is 54.7 Å². The molecule has 0 saturated carbocycles. The molecule has 1 aromatic carbocycles. The highest BCUT2D eigenvalue weighted by Gasteiger charge is 2.17. The summed E-state index contributed by atoms with van der Waals surface area (Å²) in [7, 11) is 0. The molecule has 0 amide bonds. The Kier molecular flexibility index (Phi) is 5.28. The third-order valence-electron chi connectivity index (χ3n) is 4.37. The molecule has 2 rings (SSSR count). The van der Waals surface area contributed by atoms with E-state index in [1.54, 1.807) is 16.7 Å². The summed E-state index contributed by atoms with van der Waals surface area (Å²) in [6.45, 7) is 4.59. The average molecular weight is 244 g/mol. The van der Waals surface area contributed by atoms with Crippen molar-refractivity contribution < 1.29 is 0 Å². The van der Waals surface area contributed by atoms with Gasteiger partial charge < -0.3 is 0 Å². The van der Waals surface area contributed by atoms with Crippen LogP contribution in [0, 0.1) is 5.92 Å². The van der Waals surface area contributed by atoms with Crippen LogP contribution in [0.3, 0.4) is 0 Å². The number of hydrogen-bond acceptors (Lipinski definition) is 0. The topological polar surface area (TPSA) is 0 Å². The van der Waals surface area contributed by atoms with E-state index in [9.17, 15) is 0 Å². The summed E-state index contributed by atoms with van der Waals surface area (Å²) in [4.78, 5) is 0. The molecule has 1 aromatic rings. The molecule has 1 aliphatic carbocycles. The molecule has 0 aliphatic heterocycles. The van der Waals surface area contributed by atoms with Crippen molar-refractivity contribution in [1.29, 1.82) is 0 Å². The van der Waals surface area contributed by atoms with Crippen molar-refractivity contribution in [3.63, 3.8) is 0 Å². The fourth-order valence-electron chi connectivity index (χ4n) is 3.27. The maximum atomic E-state index is 2.49. The van der Waals surface area contributed by atoms with E-state index in [-0.39, 0.29) is 0 Å². The second kappa shape index (κ2) is 6.97. The van der Waals surface area contributed by atoms with Crippen LogP contribution < -0.4 is 0 Å². The lowest BCUT2D eigenvalue weighted by molar-refractivity contribution is 0.422. The number of hydrogen-bond donors (Lipinski definition) is 0. The molecule has 0 nitrogen and oxygen atoms in total. The van der Waals surface area contributed by atoms with Crippen LogP contribution in [-0.4, -0.2) is 0 Å². The Hall–Kier alpha value is -0.780. The van der Waals surface area contributed by atoms with Gasteiger partial charge in [-0.15, -0.1) is 0 Å². The summed E-state index contributed by atoms with van der Waals surface area (Å²) in [5.74, 6) is 0.952. The third-order valence-corrected chi connectivity index (χ3v) is 4.37. The van der Waals surface area contributed by atoms with Gasteiger partial charge in [-0.2, -0.15) is 0 Å². The normalized spacial score (nSPS) is 18.7. The maximum absolute atomic E-state index is 2.49. The van der Waals surface area contributed by atoms with Crippen molar-refractivity contribution in [2.45, 2.75) is 71.6 Å². The Morgan fingerprint density at radius 2 is 1.94 bits per heavy atom. The standard InChI is InChI=1S/C18H28/c1-3-5-6-8-16-10-12-17-13-15(7-4-2)9-11-18(17)14-16/h10,12,14-15H,3-9,11,13H2,1-2H3. The highest BCUT2D eigenvalue weighted by Crippen LogP contribution is 2.29. The molecule has 100 valence electrons. The molecule has 1 atom stereocenters. The lowest BCUT2D eigenvalue weighted by atomic mass is 9.81. The zero-order chi connectivity index (χ0) is 12.8. The smallest absolute Gasteiger partial charge is 0.0248 e. The van der Waals surface area contributed by atoms with E-state index in [1.165, 1.54) is 57.8 Å². The van der Waals surface area contributed by atoms with Crippen molar-refractivity contribution in [1.82, 2.24) is 0 Å². The lowest BCUT2D eigenvalue weighted by Gasteiger charge is -2.24. The quantitative estimate of drug-likeness (QED) is 0.594. The first-order valence-corrected chi connectivity index (χ1v) is 7.94. The summed E-state index contributed by atoms with van der Waals surface area (Å²) < 4.78 is 0. The lowest BCUT2D eigenvalue weighted by Crippen LogP contribution is -2.14. The number of rotatable bonds is 6. The minimum Gasteiger partial charge on any atom is -0.0654 e. The Morgan fingerprint density at radius 3 is 2.72 bits per heavy atom. The zero-order valence-corrected chi connectivity index (χ0v) is 12.2. The molecule has 1 aliphatic rings. The van der Waals surface area contributed by atoms with Crippen molar-refractivity contribution in [3.05, 3.63) is 34.9 Å². The number of aryl methyl sites for hydroxylation is 2. The van der Waals surface area contributed by atoms with Gasteiger partial charge in [0, 0.05) is 0 Å². The first-order valence-electron chi connectivity index (χ1n) is 7.94. The predicted molar refractivity (Wildman–Crippen MR) is 80.1 cm³/mol. The highest BCUT2D eigenvalue weighted by molar-refractivity contribution is 5.34. The Bertz CT molecular complexity index is 364. The second-order valence-corrected chi connectivity index (χ2v) is 5.96. The van der Waals surface area contributed by atoms with Crippen LogP contribution >= 0.6 is 0 Å². The molecular weight excluding hydrogens is 216 g/mol. The van der Waals surface area contributed by atoms with E-state index in [1.807, 2.05) is 0 Å². The van der Waals surface area contributed by atoms with Gasteiger partial charge >= 0.3 is 0 Å². The molecule has 18 heavy (non-hydrogen) atoms. The molecule has 0 heteroatoms. The van der Waals surface area contributed by atoms with Crippen LogP contribution in [0.1, 0.15) is 69.1 Å². The molecule has 0 bridgehead atoms. The number of unbranched alkanes of at least 4 members (excludes halogenated alkanes) is 2. The van der Waals surface area contributed by atoms with E-state index >= 15 is 0 Å². The summed E-state index contributed by atoms with van der Waals surface area (Å²) >= 11 is 0. The monoisotopic (exact) mass is 244 g/mol. The maximum Gasteiger partial charge on any atom is -0.0248 e. The van der Waals surface area contributed by atoms with Crippen molar-refractivity contribution in [2.75, 3.05) is 0 Å². The minimum absolute atomic E-state index is 0.952. The first kappa shape index (κ1) is 13.6. The van der Waals surface area contributed by atoms with Gasteiger partial charge in [0.2, 0.25) is 0 Å².